The normalized spacial score (nSPS) is 16.2. The van der Waals surface area contributed by atoms with Crippen molar-refractivity contribution in [1.29, 1.82) is 0 Å². The third-order valence-corrected chi connectivity index (χ3v) is 5.19. The van der Waals surface area contributed by atoms with Crippen molar-refractivity contribution < 1.29 is 0 Å². The molecule has 1 saturated carbocycles. The maximum Gasteiger partial charge on any atom is 0.150 e. The molecule has 3 nitrogen and oxygen atoms in total. The van der Waals surface area contributed by atoms with E-state index >= 15 is 0 Å². The first-order valence-electron chi connectivity index (χ1n) is 8.74. The molecule has 1 aliphatic rings. The molecule has 2 N–H and O–H groups in total. The molecule has 0 saturated heterocycles. The van der Waals surface area contributed by atoms with Gasteiger partial charge >= 0.3 is 0 Å². The van der Waals surface area contributed by atoms with E-state index in [0.29, 0.717) is 5.82 Å². The molecular formula is C20H23N3. The number of nitrogen functional groups attached to an aromatic ring is 1. The molecule has 3 aromatic rings. The third kappa shape index (κ3) is 2.88. The zero-order chi connectivity index (χ0) is 15.6. The first-order chi connectivity index (χ1) is 11.3. The molecule has 0 unspecified atom stereocenters. The summed E-state index contributed by atoms with van der Waals surface area (Å²) in [6, 6.07) is 10.4. The van der Waals surface area contributed by atoms with E-state index in [-0.39, 0.29) is 0 Å². The summed E-state index contributed by atoms with van der Waals surface area (Å²) in [6.45, 7) is 0. The molecule has 0 amide bonds. The molecule has 3 heteroatoms. The van der Waals surface area contributed by atoms with Gasteiger partial charge in [0.15, 0.2) is 5.82 Å². The van der Waals surface area contributed by atoms with Crippen LogP contribution in [0.25, 0.3) is 21.8 Å². The monoisotopic (exact) mass is 305 g/mol. The lowest BCUT2D eigenvalue weighted by atomic mass is 9.85. The van der Waals surface area contributed by atoms with Crippen LogP contribution in [-0.4, -0.2) is 9.97 Å². The molecule has 2 heterocycles. The Kier molecular flexibility index (Phi) is 3.86. The number of hydrogen-bond acceptors (Lipinski definition) is 3. The minimum Gasteiger partial charge on any atom is -0.382 e. The Balaban J connectivity index is 1.67. The van der Waals surface area contributed by atoms with E-state index in [1.807, 2.05) is 24.4 Å². The predicted octanol–water partition coefficient (Wildman–Crippen LogP) is 4.88. The number of para-hydroxylation sites is 1. The Labute approximate surface area is 136 Å². The minimum absolute atomic E-state index is 0.525. The molecule has 0 spiro atoms. The standard InChI is InChI=1S/C20H23N3/c21-20-19-17(16-8-4-5-9-18(16)23-20)12-15(13-22-19)11-10-14-6-2-1-3-7-14/h4-5,8-9,12-14H,1-3,6-7,10-11H2,(H2,21,23). The number of nitrogens with zero attached hydrogens (tertiary/aromatic N) is 2. The van der Waals surface area contributed by atoms with Crippen LogP contribution in [0.4, 0.5) is 5.82 Å². The molecule has 4 rings (SSSR count). The van der Waals surface area contributed by atoms with Crippen LogP contribution in [0.5, 0.6) is 0 Å². The molecule has 1 fully saturated rings. The van der Waals surface area contributed by atoms with Gasteiger partial charge in [-0.2, -0.15) is 0 Å². The first kappa shape index (κ1) is 14.4. The molecule has 1 aromatic carbocycles. The van der Waals surface area contributed by atoms with E-state index in [2.05, 4.69) is 22.1 Å². The van der Waals surface area contributed by atoms with Crippen LogP contribution in [0.15, 0.2) is 36.5 Å². The van der Waals surface area contributed by atoms with Gasteiger partial charge in [-0.05, 0) is 36.5 Å². The lowest BCUT2D eigenvalue weighted by Gasteiger charge is -2.21. The lowest BCUT2D eigenvalue weighted by Crippen LogP contribution is -2.07. The number of pyridine rings is 2. The summed E-state index contributed by atoms with van der Waals surface area (Å²) < 4.78 is 0. The van der Waals surface area contributed by atoms with Crippen molar-refractivity contribution in [2.45, 2.75) is 44.9 Å². The first-order valence-corrected chi connectivity index (χ1v) is 8.74. The summed E-state index contributed by atoms with van der Waals surface area (Å²) in [5.74, 6) is 1.43. The fraction of sp³-hybridized carbons (Fsp3) is 0.400. The maximum atomic E-state index is 6.09. The second kappa shape index (κ2) is 6.15. The van der Waals surface area contributed by atoms with Crippen molar-refractivity contribution in [3.63, 3.8) is 0 Å². The third-order valence-electron chi connectivity index (χ3n) is 5.19. The number of aromatic nitrogens is 2. The van der Waals surface area contributed by atoms with Crippen LogP contribution in [0.1, 0.15) is 44.1 Å². The molecular weight excluding hydrogens is 282 g/mol. The summed E-state index contributed by atoms with van der Waals surface area (Å²) in [5, 5.41) is 2.28. The van der Waals surface area contributed by atoms with Crippen LogP contribution in [0.2, 0.25) is 0 Å². The number of nitrogens with two attached hydrogens (primary N) is 1. The predicted molar refractivity (Wildman–Crippen MR) is 96.4 cm³/mol. The van der Waals surface area contributed by atoms with E-state index in [1.165, 1.54) is 44.1 Å². The van der Waals surface area contributed by atoms with Crippen molar-refractivity contribution >= 4 is 27.6 Å². The zero-order valence-corrected chi connectivity index (χ0v) is 13.5. The summed E-state index contributed by atoms with van der Waals surface area (Å²) in [5.41, 5.74) is 9.18. The average molecular weight is 305 g/mol. The second-order valence-electron chi connectivity index (χ2n) is 6.80. The number of aryl methyl sites for hydroxylation is 1. The topological polar surface area (TPSA) is 51.8 Å². The van der Waals surface area contributed by atoms with Gasteiger partial charge in [0.25, 0.3) is 0 Å². The SMILES string of the molecule is Nc1nc2ccccc2c2cc(CCC3CCCCC3)cnc12. The van der Waals surface area contributed by atoms with Crippen molar-refractivity contribution in [3.8, 4) is 0 Å². The summed E-state index contributed by atoms with van der Waals surface area (Å²) in [6.07, 6.45) is 11.4. The molecule has 0 aliphatic heterocycles. The number of benzene rings is 1. The summed E-state index contributed by atoms with van der Waals surface area (Å²) in [4.78, 5) is 9.08. The summed E-state index contributed by atoms with van der Waals surface area (Å²) in [7, 11) is 0. The van der Waals surface area contributed by atoms with Crippen molar-refractivity contribution in [2.75, 3.05) is 5.73 Å². The van der Waals surface area contributed by atoms with Gasteiger partial charge in [-0.25, -0.2) is 4.98 Å². The van der Waals surface area contributed by atoms with Gasteiger partial charge in [-0.15, -0.1) is 0 Å². The quantitative estimate of drug-likeness (QED) is 0.702. The van der Waals surface area contributed by atoms with E-state index in [9.17, 15) is 0 Å². The second-order valence-corrected chi connectivity index (χ2v) is 6.80. The Hall–Kier alpha value is -2.16. The highest BCUT2D eigenvalue weighted by Gasteiger charge is 2.14. The zero-order valence-electron chi connectivity index (χ0n) is 13.5. The molecule has 0 atom stereocenters. The highest BCUT2D eigenvalue weighted by atomic mass is 14.9. The van der Waals surface area contributed by atoms with Gasteiger partial charge in [0.1, 0.15) is 5.52 Å². The van der Waals surface area contributed by atoms with Gasteiger partial charge in [-0.3, -0.25) is 4.98 Å². The Morgan fingerprint density at radius 1 is 1.04 bits per heavy atom. The minimum atomic E-state index is 0.525. The molecule has 118 valence electrons. The van der Waals surface area contributed by atoms with Crippen LogP contribution in [-0.2, 0) is 6.42 Å². The summed E-state index contributed by atoms with van der Waals surface area (Å²) >= 11 is 0. The fourth-order valence-corrected chi connectivity index (χ4v) is 3.88. The number of rotatable bonds is 3. The molecule has 0 radical (unpaired) electrons. The van der Waals surface area contributed by atoms with Crippen LogP contribution in [0, 0.1) is 5.92 Å². The molecule has 2 aromatic heterocycles. The van der Waals surface area contributed by atoms with Gasteiger partial charge < -0.3 is 5.73 Å². The van der Waals surface area contributed by atoms with Gasteiger partial charge in [0.05, 0.1) is 5.52 Å². The van der Waals surface area contributed by atoms with Crippen LogP contribution < -0.4 is 5.73 Å². The molecule has 0 bridgehead atoms. The van der Waals surface area contributed by atoms with E-state index < -0.39 is 0 Å². The van der Waals surface area contributed by atoms with Crippen molar-refractivity contribution in [2.24, 2.45) is 5.92 Å². The largest absolute Gasteiger partial charge is 0.382 e. The van der Waals surface area contributed by atoms with Crippen LogP contribution in [0.3, 0.4) is 0 Å². The molecule has 23 heavy (non-hydrogen) atoms. The van der Waals surface area contributed by atoms with E-state index in [0.717, 1.165) is 34.1 Å². The fourth-order valence-electron chi connectivity index (χ4n) is 3.88. The number of hydrogen-bond donors (Lipinski definition) is 1. The maximum absolute atomic E-state index is 6.09. The average Bonchev–Trinajstić information content (AvgIpc) is 2.61. The van der Waals surface area contributed by atoms with E-state index in [1.54, 1.807) is 0 Å². The van der Waals surface area contributed by atoms with Gasteiger partial charge in [-0.1, -0.05) is 50.3 Å². The van der Waals surface area contributed by atoms with Crippen LogP contribution >= 0.6 is 0 Å². The molecule has 1 aliphatic carbocycles. The highest BCUT2D eigenvalue weighted by Crippen LogP contribution is 2.30. The van der Waals surface area contributed by atoms with Gasteiger partial charge in [0.2, 0.25) is 0 Å². The number of anilines is 1. The van der Waals surface area contributed by atoms with E-state index in [4.69, 9.17) is 5.73 Å². The van der Waals surface area contributed by atoms with Crippen molar-refractivity contribution in [3.05, 3.63) is 42.1 Å². The van der Waals surface area contributed by atoms with Gasteiger partial charge in [0, 0.05) is 17.0 Å². The highest BCUT2D eigenvalue weighted by molar-refractivity contribution is 6.08. The lowest BCUT2D eigenvalue weighted by molar-refractivity contribution is 0.339. The number of fused-ring (bicyclic) bond motifs is 3. The Morgan fingerprint density at radius 3 is 2.74 bits per heavy atom. The Morgan fingerprint density at radius 2 is 1.87 bits per heavy atom. The Bertz CT molecular complexity index is 835. The smallest absolute Gasteiger partial charge is 0.150 e. The van der Waals surface area contributed by atoms with Crippen molar-refractivity contribution in [1.82, 2.24) is 9.97 Å².